The van der Waals surface area contributed by atoms with Gasteiger partial charge in [-0.25, -0.2) is 8.78 Å². The normalized spacial score (nSPS) is 17.1. The number of non-ortho nitro benzene ring substituents is 1. The van der Waals surface area contributed by atoms with Gasteiger partial charge >= 0.3 is 0 Å². The molecule has 2 rings (SSSR count). The van der Waals surface area contributed by atoms with Crippen molar-refractivity contribution in [1.29, 1.82) is 0 Å². The molecule has 0 spiro atoms. The van der Waals surface area contributed by atoms with Crippen LogP contribution in [0, 0.1) is 21.7 Å². The number of aliphatic hydroxyl groups is 1. The van der Waals surface area contributed by atoms with Crippen LogP contribution in [-0.2, 0) is 0 Å². The van der Waals surface area contributed by atoms with Gasteiger partial charge in [-0.1, -0.05) is 0 Å². The Morgan fingerprint density at radius 3 is 2.39 bits per heavy atom. The molecule has 1 aliphatic heterocycles. The van der Waals surface area contributed by atoms with Gasteiger partial charge in [0.1, 0.15) is 11.3 Å². The molecular weight excluding hydrogens is 248 g/mol. The minimum atomic E-state index is -1.06. The van der Waals surface area contributed by atoms with Crippen LogP contribution in [0.2, 0.25) is 0 Å². The number of nitro benzene ring substituents is 1. The van der Waals surface area contributed by atoms with Crippen LogP contribution in [0.4, 0.5) is 20.2 Å². The zero-order valence-corrected chi connectivity index (χ0v) is 9.24. The van der Waals surface area contributed by atoms with Crippen LogP contribution in [-0.4, -0.2) is 35.3 Å². The van der Waals surface area contributed by atoms with Crippen LogP contribution in [0.1, 0.15) is 0 Å². The molecule has 0 unspecified atom stereocenters. The average molecular weight is 259 g/mol. The molecule has 98 valence electrons. The first kappa shape index (κ1) is 12.7. The van der Waals surface area contributed by atoms with Crippen molar-refractivity contribution in [2.75, 3.05) is 25.0 Å². The van der Waals surface area contributed by atoms with Gasteiger partial charge < -0.3 is 15.7 Å². The van der Waals surface area contributed by atoms with E-state index < -0.39 is 33.5 Å². The maximum absolute atomic E-state index is 13.5. The molecule has 1 aromatic rings. The second kappa shape index (κ2) is 4.46. The third-order valence-corrected chi connectivity index (χ3v) is 2.74. The summed E-state index contributed by atoms with van der Waals surface area (Å²) in [4.78, 5) is 9.52. The summed E-state index contributed by atoms with van der Waals surface area (Å²) in [6.45, 7) is 0.623. The first-order valence-electron chi connectivity index (χ1n) is 5.22. The van der Waals surface area contributed by atoms with E-state index in [0.29, 0.717) is 25.2 Å². The van der Waals surface area contributed by atoms with Crippen molar-refractivity contribution < 1.29 is 18.8 Å². The Morgan fingerprint density at radius 2 is 2.00 bits per heavy atom. The molecule has 1 heterocycles. The van der Waals surface area contributed by atoms with Crippen molar-refractivity contribution in [3.63, 3.8) is 0 Å². The SMILES string of the molecule is O=[N+]([O-])c1cc(F)c(NCC2(O)CNC2)c(F)c1. The molecule has 8 heteroatoms. The van der Waals surface area contributed by atoms with E-state index in [9.17, 15) is 24.0 Å². The van der Waals surface area contributed by atoms with E-state index in [4.69, 9.17) is 0 Å². The van der Waals surface area contributed by atoms with Crippen molar-refractivity contribution in [1.82, 2.24) is 5.32 Å². The summed E-state index contributed by atoms with van der Waals surface area (Å²) in [5.41, 5.74) is -2.17. The lowest BCUT2D eigenvalue weighted by atomic mass is 9.97. The van der Waals surface area contributed by atoms with Gasteiger partial charge in [-0.2, -0.15) is 0 Å². The average Bonchev–Trinajstić information content (AvgIpc) is 2.25. The molecule has 0 radical (unpaired) electrons. The number of anilines is 1. The molecule has 0 amide bonds. The highest BCUT2D eigenvalue weighted by molar-refractivity contribution is 5.52. The van der Waals surface area contributed by atoms with Crippen molar-refractivity contribution >= 4 is 11.4 Å². The number of benzene rings is 1. The Hall–Kier alpha value is -1.80. The van der Waals surface area contributed by atoms with Crippen LogP contribution in [0.5, 0.6) is 0 Å². The van der Waals surface area contributed by atoms with Crippen LogP contribution in [0.3, 0.4) is 0 Å². The Kier molecular flexibility index (Phi) is 3.14. The Labute approximate surface area is 101 Å². The fourth-order valence-corrected chi connectivity index (χ4v) is 1.63. The first-order chi connectivity index (χ1) is 8.41. The van der Waals surface area contributed by atoms with Gasteiger partial charge in [-0.3, -0.25) is 10.1 Å². The number of halogens is 2. The summed E-state index contributed by atoms with van der Waals surface area (Å²) in [7, 11) is 0. The summed E-state index contributed by atoms with van der Waals surface area (Å²) < 4.78 is 26.9. The van der Waals surface area contributed by atoms with E-state index >= 15 is 0 Å². The lowest BCUT2D eigenvalue weighted by Crippen LogP contribution is -2.63. The van der Waals surface area contributed by atoms with Crippen LogP contribution < -0.4 is 10.6 Å². The number of β-amino-alcohol motifs (C(OH)–C–C–N with tert-alkyl or cyclic N) is 1. The van der Waals surface area contributed by atoms with Gasteiger partial charge in [-0.05, 0) is 0 Å². The number of hydrogen-bond donors (Lipinski definition) is 3. The number of nitrogens with zero attached hydrogens (tertiary/aromatic N) is 1. The van der Waals surface area contributed by atoms with Gasteiger partial charge in [0, 0.05) is 19.6 Å². The molecule has 6 nitrogen and oxygen atoms in total. The smallest absolute Gasteiger partial charge is 0.275 e. The van der Waals surface area contributed by atoms with Crippen molar-refractivity contribution in [2.24, 2.45) is 0 Å². The third kappa shape index (κ3) is 2.39. The highest BCUT2D eigenvalue weighted by atomic mass is 19.1. The second-order valence-corrected chi connectivity index (χ2v) is 4.22. The van der Waals surface area contributed by atoms with Gasteiger partial charge in [0.05, 0.1) is 17.1 Å². The van der Waals surface area contributed by atoms with Gasteiger partial charge in [0.2, 0.25) is 0 Å². The highest BCUT2D eigenvalue weighted by Crippen LogP contribution is 2.25. The van der Waals surface area contributed by atoms with Crippen molar-refractivity contribution in [2.45, 2.75) is 5.60 Å². The standard InChI is InChI=1S/C10H11F2N3O3/c11-7-1-6(15(17)18)2-8(12)9(7)14-5-10(16)3-13-4-10/h1-2,13-14,16H,3-5H2. The molecule has 0 aromatic heterocycles. The predicted octanol–water partition coefficient (Wildman–Crippen LogP) is 0.619. The quantitative estimate of drug-likeness (QED) is 0.545. The number of nitro groups is 1. The first-order valence-corrected chi connectivity index (χ1v) is 5.22. The Morgan fingerprint density at radius 1 is 1.44 bits per heavy atom. The number of rotatable bonds is 4. The van der Waals surface area contributed by atoms with Crippen molar-refractivity contribution in [3.8, 4) is 0 Å². The minimum Gasteiger partial charge on any atom is -0.385 e. The molecule has 0 saturated carbocycles. The van der Waals surface area contributed by atoms with Gasteiger partial charge in [0.25, 0.3) is 5.69 Å². The van der Waals surface area contributed by atoms with Crippen LogP contribution in [0.15, 0.2) is 12.1 Å². The van der Waals surface area contributed by atoms with E-state index in [1.807, 2.05) is 0 Å². The van der Waals surface area contributed by atoms with Gasteiger partial charge in [-0.15, -0.1) is 0 Å². The second-order valence-electron chi connectivity index (χ2n) is 4.22. The van der Waals surface area contributed by atoms with E-state index in [1.54, 1.807) is 0 Å². The van der Waals surface area contributed by atoms with Gasteiger partial charge in [0.15, 0.2) is 11.6 Å². The summed E-state index contributed by atoms with van der Waals surface area (Å²) in [6.07, 6.45) is 0. The zero-order valence-electron chi connectivity index (χ0n) is 9.24. The molecule has 1 aromatic carbocycles. The molecule has 0 aliphatic carbocycles. The third-order valence-electron chi connectivity index (χ3n) is 2.74. The lowest BCUT2D eigenvalue weighted by Gasteiger charge is -2.37. The zero-order chi connectivity index (χ0) is 13.3. The largest absolute Gasteiger partial charge is 0.385 e. The molecule has 3 N–H and O–H groups in total. The van der Waals surface area contributed by atoms with E-state index in [2.05, 4.69) is 10.6 Å². The topological polar surface area (TPSA) is 87.4 Å². The lowest BCUT2D eigenvalue weighted by molar-refractivity contribution is -0.385. The highest BCUT2D eigenvalue weighted by Gasteiger charge is 2.34. The number of nitrogens with one attached hydrogen (secondary N) is 2. The Balaban J connectivity index is 2.15. The Bertz CT molecular complexity index is 468. The molecule has 1 saturated heterocycles. The van der Waals surface area contributed by atoms with Crippen molar-refractivity contribution in [3.05, 3.63) is 33.9 Å². The maximum atomic E-state index is 13.5. The number of hydrogen-bond acceptors (Lipinski definition) is 5. The summed E-state index contributed by atoms with van der Waals surface area (Å²) >= 11 is 0. The van der Waals surface area contributed by atoms with E-state index in [-0.39, 0.29) is 6.54 Å². The molecular formula is C10H11F2N3O3. The van der Waals surface area contributed by atoms with E-state index in [1.165, 1.54) is 0 Å². The molecule has 0 bridgehead atoms. The molecule has 0 atom stereocenters. The predicted molar refractivity (Wildman–Crippen MR) is 59.3 cm³/mol. The minimum absolute atomic E-state index is 0.0361. The molecule has 1 fully saturated rings. The summed E-state index contributed by atoms with van der Waals surface area (Å²) in [5, 5.41) is 25.4. The van der Waals surface area contributed by atoms with E-state index in [0.717, 1.165) is 0 Å². The summed E-state index contributed by atoms with van der Waals surface area (Å²) in [5.74, 6) is -2.12. The van der Waals surface area contributed by atoms with Crippen LogP contribution >= 0.6 is 0 Å². The fraction of sp³-hybridized carbons (Fsp3) is 0.400. The monoisotopic (exact) mass is 259 g/mol. The fourth-order valence-electron chi connectivity index (χ4n) is 1.63. The summed E-state index contributed by atoms with van der Waals surface area (Å²) in [6, 6.07) is 1.27. The van der Waals surface area contributed by atoms with Crippen LogP contribution in [0.25, 0.3) is 0 Å². The maximum Gasteiger partial charge on any atom is 0.275 e. The molecule has 18 heavy (non-hydrogen) atoms. The molecule has 1 aliphatic rings.